The van der Waals surface area contributed by atoms with Crippen LogP contribution < -0.4 is 10.9 Å². The number of likely N-dealkylation sites (tertiary alicyclic amines) is 1. The maximum atomic E-state index is 6.42. The lowest BCUT2D eigenvalue weighted by atomic mass is 9.85. The molecule has 5 nitrogen and oxygen atoms in total. The number of hydrogen-bond acceptors (Lipinski definition) is 5. The minimum Gasteiger partial charge on any atom is -0.360 e. The summed E-state index contributed by atoms with van der Waals surface area (Å²) in [6, 6.07) is 8.94. The largest absolute Gasteiger partial charge is 0.360 e. The van der Waals surface area contributed by atoms with Crippen LogP contribution in [0.1, 0.15) is 47.8 Å². The van der Waals surface area contributed by atoms with Crippen molar-refractivity contribution in [3.8, 4) is 0 Å². The van der Waals surface area contributed by atoms with Crippen molar-refractivity contribution in [2.24, 2.45) is 0 Å². The lowest BCUT2D eigenvalue weighted by Gasteiger charge is -2.40. The molecule has 2 aliphatic heterocycles. The monoisotopic (exact) mass is 374 g/mol. The molecule has 0 bridgehead atoms. The normalized spacial score (nSPS) is 27.1. The molecule has 3 unspecified atom stereocenters. The molecule has 2 saturated heterocycles. The summed E-state index contributed by atoms with van der Waals surface area (Å²) in [4.78, 5) is 2.58. The number of benzene rings is 1. The van der Waals surface area contributed by atoms with Crippen molar-refractivity contribution in [2.75, 3.05) is 13.1 Å². The van der Waals surface area contributed by atoms with Crippen LogP contribution in [0.25, 0.3) is 0 Å². The topological polar surface area (TPSA) is 53.3 Å². The summed E-state index contributed by atoms with van der Waals surface area (Å²) >= 11 is 6.42. The molecule has 2 N–H and O–H groups in total. The summed E-state index contributed by atoms with van der Waals surface area (Å²) in [5, 5.41) is 5.03. The van der Waals surface area contributed by atoms with Gasteiger partial charge < -0.3 is 4.52 Å². The molecule has 1 aromatic carbocycles. The second-order valence-corrected chi connectivity index (χ2v) is 7.95. The van der Waals surface area contributed by atoms with E-state index in [2.05, 4.69) is 40.0 Å². The van der Waals surface area contributed by atoms with Gasteiger partial charge in [0.2, 0.25) is 0 Å². The minimum absolute atomic E-state index is 0.299. The molecule has 2 fully saturated rings. The van der Waals surface area contributed by atoms with Crippen LogP contribution in [0.4, 0.5) is 0 Å². The molecular weight excluding hydrogens is 348 g/mol. The van der Waals surface area contributed by atoms with Crippen LogP contribution in [0.5, 0.6) is 0 Å². The van der Waals surface area contributed by atoms with Gasteiger partial charge in [-0.1, -0.05) is 41.4 Å². The van der Waals surface area contributed by atoms with Gasteiger partial charge in [0.1, 0.15) is 5.76 Å². The highest BCUT2D eigenvalue weighted by Gasteiger charge is 2.41. The number of rotatable bonds is 4. The SMILES string of the molecule is Cc1noc(C2CNNC2C2CCCCN2Cc2ccccc2Cl)c1C. The summed E-state index contributed by atoms with van der Waals surface area (Å²) in [7, 11) is 0. The fraction of sp³-hybridized carbons (Fsp3) is 0.550. The van der Waals surface area contributed by atoms with Crippen molar-refractivity contribution >= 4 is 11.6 Å². The first kappa shape index (κ1) is 18.0. The lowest BCUT2D eigenvalue weighted by Crippen LogP contribution is -2.52. The van der Waals surface area contributed by atoms with Crippen LogP contribution in [0, 0.1) is 13.8 Å². The molecule has 2 aliphatic rings. The molecule has 26 heavy (non-hydrogen) atoms. The van der Waals surface area contributed by atoms with Crippen LogP contribution in [-0.2, 0) is 6.54 Å². The zero-order valence-corrected chi connectivity index (χ0v) is 16.2. The van der Waals surface area contributed by atoms with E-state index in [0.29, 0.717) is 18.0 Å². The number of hydrazine groups is 1. The lowest BCUT2D eigenvalue weighted by molar-refractivity contribution is 0.103. The molecule has 4 rings (SSSR count). The van der Waals surface area contributed by atoms with E-state index in [0.717, 1.165) is 36.1 Å². The molecule has 1 aromatic heterocycles. The molecule has 2 aromatic rings. The Labute approximate surface area is 160 Å². The van der Waals surface area contributed by atoms with E-state index in [-0.39, 0.29) is 0 Å². The molecule has 3 atom stereocenters. The quantitative estimate of drug-likeness (QED) is 0.857. The number of hydrogen-bond donors (Lipinski definition) is 2. The smallest absolute Gasteiger partial charge is 0.145 e. The Morgan fingerprint density at radius 1 is 1.27 bits per heavy atom. The minimum atomic E-state index is 0.299. The van der Waals surface area contributed by atoms with Crippen molar-refractivity contribution in [1.82, 2.24) is 20.9 Å². The second-order valence-electron chi connectivity index (χ2n) is 7.54. The molecule has 140 valence electrons. The number of aryl methyl sites for hydroxylation is 1. The Kier molecular flexibility index (Phi) is 5.32. The van der Waals surface area contributed by atoms with E-state index in [1.807, 2.05) is 19.1 Å². The first-order chi connectivity index (χ1) is 12.6. The summed E-state index contributed by atoms with van der Waals surface area (Å²) in [5.41, 5.74) is 10.3. The molecule has 0 spiro atoms. The van der Waals surface area contributed by atoms with Crippen LogP contribution in [0.2, 0.25) is 5.02 Å². The zero-order chi connectivity index (χ0) is 18.1. The van der Waals surface area contributed by atoms with Crippen LogP contribution >= 0.6 is 11.6 Å². The van der Waals surface area contributed by atoms with E-state index in [4.69, 9.17) is 16.1 Å². The van der Waals surface area contributed by atoms with Gasteiger partial charge in [-0.25, -0.2) is 0 Å². The Morgan fingerprint density at radius 3 is 2.88 bits per heavy atom. The van der Waals surface area contributed by atoms with Crippen LogP contribution in [-0.4, -0.2) is 35.2 Å². The van der Waals surface area contributed by atoms with Gasteiger partial charge in [-0.05, 0) is 44.9 Å². The van der Waals surface area contributed by atoms with Gasteiger partial charge in [0.25, 0.3) is 0 Å². The highest BCUT2D eigenvalue weighted by atomic mass is 35.5. The molecular formula is C20H27ClN4O. The molecule has 0 radical (unpaired) electrons. The standard InChI is InChI=1S/C20H27ClN4O/c1-13-14(2)24-26-20(13)16-11-22-23-19(16)18-9-5-6-10-25(18)12-15-7-3-4-8-17(15)21/h3-4,7-8,16,18-19,22-23H,5-6,9-12H2,1-2H3. The Bertz CT molecular complexity index is 762. The van der Waals surface area contributed by atoms with Crippen molar-refractivity contribution < 1.29 is 4.52 Å². The number of halogens is 1. The van der Waals surface area contributed by atoms with Gasteiger partial charge >= 0.3 is 0 Å². The maximum absolute atomic E-state index is 6.42. The number of piperidine rings is 1. The predicted octanol–water partition coefficient (Wildman–Crippen LogP) is 3.56. The summed E-state index contributed by atoms with van der Waals surface area (Å²) < 4.78 is 5.70. The van der Waals surface area contributed by atoms with E-state index < -0.39 is 0 Å². The van der Waals surface area contributed by atoms with Gasteiger partial charge in [-0.3, -0.25) is 15.8 Å². The summed E-state index contributed by atoms with van der Waals surface area (Å²) in [6.07, 6.45) is 3.70. The molecule has 3 heterocycles. The van der Waals surface area contributed by atoms with E-state index in [1.54, 1.807) is 0 Å². The van der Waals surface area contributed by atoms with Crippen molar-refractivity contribution in [2.45, 2.75) is 57.7 Å². The van der Waals surface area contributed by atoms with Gasteiger partial charge in [-0.15, -0.1) is 0 Å². The number of aromatic nitrogens is 1. The van der Waals surface area contributed by atoms with E-state index >= 15 is 0 Å². The van der Waals surface area contributed by atoms with Gasteiger partial charge in [-0.2, -0.15) is 0 Å². The first-order valence-corrected chi connectivity index (χ1v) is 9.91. The van der Waals surface area contributed by atoms with Crippen molar-refractivity contribution in [3.63, 3.8) is 0 Å². The summed E-state index contributed by atoms with van der Waals surface area (Å²) in [5.74, 6) is 1.32. The molecule has 0 amide bonds. The van der Waals surface area contributed by atoms with Crippen molar-refractivity contribution in [3.05, 3.63) is 51.9 Å². The van der Waals surface area contributed by atoms with Crippen molar-refractivity contribution in [1.29, 1.82) is 0 Å². The third-order valence-corrected chi connectivity index (χ3v) is 6.33. The highest BCUT2D eigenvalue weighted by molar-refractivity contribution is 6.31. The third kappa shape index (κ3) is 3.41. The zero-order valence-electron chi connectivity index (χ0n) is 15.5. The first-order valence-electron chi connectivity index (χ1n) is 9.53. The Hall–Kier alpha value is -1.40. The Morgan fingerprint density at radius 2 is 2.12 bits per heavy atom. The Balaban J connectivity index is 1.57. The van der Waals surface area contributed by atoms with Gasteiger partial charge in [0, 0.05) is 35.8 Å². The maximum Gasteiger partial charge on any atom is 0.145 e. The molecule has 6 heteroatoms. The average molecular weight is 375 g/mol. The predicted molar refractivity (Wildman–Crippen MR) is 103 cm³/mol. The van der Waals surface area contributed by atoms with Gasteiger partial charge in [0.15, 0.2) is 0 Å². The van der Waals surface area contributed by atoms with Gasteiger partial charge in [0.05, 0.1) is 11.6 Å². The average Bonchev–Trinajstić information content (AvgIpc) is 3.25. The molecule has 0 aliphatic carbocycles. The second kappa shape index (κ2) is 7.69. The van der Waals surface area contributed by atoms with Crippen LogP contribution in [0.15, 0.2) is 28.8 Å². The fourth-order valence-electron chi connectivity index (χ4n) is 4.38. The molecule has 0 saturated carbocycles. The number of nitrogens with one attached hydrogen (secondary N) is 2. The summed E-state index contributed by atoms with van der Waals surface area (Å²) in [6.45, 7) is 6.99. The number of nitrogens with zero attached hydrogens (tertiary/aromatic N) is 2. The van der Waals surface area contributed by atoms with Crippen LogP contribution in [0.3, 0.4) is 0 Å². The highest BCUT2D eigenvalue weighted by Crippen LogP contribution is 2.34. The fourth-order valence-corrected chi connectivity index (χ4v) is 4.57. The van der Waals surface area contributed by atoms with E-state index in [1.165, 1.54) is 30.4 Å². The van der Waals surface area contributed by atoms with E-state index in [9.17, 15) is 0 Å². The third-order valence-electron chi connectivity index (χ3n) is 5.96.